The van der Waals surface area contributed by atoms with Gasteiger partial charge in [0.15, 0.2) is 0 Å². The molecule has 0 aromatic carbocycles. The Morgan fingerprint density at radius 2 is 2.00 bits per heavy atom. The Hall–Kier alpha value is 0.270. The van der Waals surface area contributed by atoms with Crippen LogP contribution in [-0.4, -0.2) is 35.8 Å². The third-order valence-electron chi connectivity index (χ3n) is 3.83. The Labute approximate surface area is 104 Å². The van der Waals surface area contributed by atoms with Crippen LogP contribution in [0.25, 0.3) is 0 Å². The van der Waals surface area contributed by atoms with E-state index in [-0.39, 0.29) is 0 Å². The van der Waals surface area contributed by atoms with Crippen LogP contribution in [0.1, 0.15) is 46.0 Å². The highest BCUT2D eigenvalue weighted by Crippen LogP contribution is 2.36. The van der Waals surface area contributed by atoms with Crippen molar-refractivity contribution in [3.63, 3.8) is 0 Å². The molecule has 4 unspecified atom stereocenters. The molecule has 1 aliphatic carbocycles. The first-order valence-electron chi connectivity index (χ1n) is 6.81. The van der Waals surface area contributed by atoms with Crippen molar-refractivity contribution < 1.29 is 4.74 Å². The highest BCUT2D eigenvalue weighted by molar-refractivity contribution is 8.00. The molecule has 2 aliphatic rings. The normalized spacial score (nSPS) is 40.1. The number of hydrogen-bond acceptors (Lipinski definition) is 3. The molecule has 2 rings (SSSR count). The summed E-state index contributed by atoms with van der Waals surface area (Å²) in [6.45, 7) is 6.53. The second kappa shape index (κ2) is 6.27. The van der Waals surface area contributed by atoms with Gasteiger partial charge >= 0.3 is 0 Å². The summed E-state index contributed by atoms with van der Waals surface area (Å²) < 4.78 is 5.66. The van der Waals surface area contributed by atoms with Crippen LogP contribution in [0.2, 0.25) is 0 Å². The molecule has 0 bridgehead atoms. The van der Waals surface area contributed by atoms with Gasteiger partial charge in [-0.25, -0.2) is 0 Å². The Kier molecular flexibility index (Phi) is 4.98. The van der Waals surface area contributed by atoms with E-state index in [1.807, 2.05) is 0 Å². The second-order valence-electron chi connectivity index (χ2n) is 5.03. The highest BCUT2D eigenvalue weighted by atomic mass is 32.2. The SMILES string of the molecule is CCNC1CCCCC1SC1CCOC1C. The van der Waals surface area contributed by atoms with Crippen molar-refractivity contribution >= 4 is 11.8 Å². The summed E-state index contributed by atoms with van der Waals surface area (Å²) in [6.07, 6.45) is 7.31. The molecule has 1 aliphatic heterocycles. The molecular formula is C13H25NOS. The molecule has 1 saturated heterocycles. The summed E-state index contributed by atoms with van der Waals surface area (Å²) in [5.74, 6) is 0. The lowest BCUT2D eigenvalue weighted by Gasteiger charge is -2.33. The van der Waals surface area contributed by atoms with Gasteiger partial charge in [0.1, 0.15) is 0 Å². The van der Waals surface area contributed by atoms with Crippen LogP contribution in [0.3, 0.4) is 0 Å². The van der Waals surface area contributed by atoms with Crippen molar-refractivity contribution in [1.29, 1.82) is 0 Å². The van der Waals surface area contributed by atoms with Gasteiger partial charge in [-0.15, -0.1) is 0 Å². The Bertz CT molecular complexity index is 210. The standard InChI is InChI=1S/C13H25NOS/c1-3-14-11-6-4-5-7-13(11)16-12-8-9-15-10(12)2/h10-14H,3-9H2,1-2H3. The summed E-state index contributed by atoms with van der Waals surface area (Å²) in [4.78, 5) is 0. The van der Waals surface area contributed by atoms with E-state index in [4.69, 9.17) is 4.74 Å². The predicted molar refractivity (Wildman–Crippen MR) is 71.1 cm³/mol. The van der Waals surface area contributed by atoms with E-state index in [1.165, 1.54) is 32.1 Å². The first-order valence-corrected chi connectivity index (χ1v) is 7.76. The Morgan fingerprint density at radius 3 is 2.69 bits per heavy atom. The lowest BCUT2D eigenvalue weighted by Crippen LogP contribution is -2.41. The van der Waals surface area contributed by atoms with E-state index in [2.05, 4.69) is 30.9 Å². The first kappa shape index (κ1) is 12.7. The summed E-state index contributed by atoms with van der Waals surface area (Å²) in [5, 5.41) is 5.22. The fraction of sp³-hybridized carbons (Fsp3) is 1.00. The quantitative estimate of drug-likeness (QED) is 0.820. The van der Waals surface area contributed by atoms with E-state index in [9.17, 15) is 0 Å². The zero-order valence-electron chi connectivity index (χ0n) is 10.6. The monoisotopic (exact) mass is 243 g/mol. The Balaban J connectivity index is 1.85. The number of thioether (sulfide) groups is 1. The van der Waals surface area contributed by atoms with E-state index in [0.29, 0.717) is 6.10 Å². The third kappa shape index (κ3) is 3.14. The molecule has 0 radical (unpaired) electrons. The molecule has 2 fully saturated rings. The summed E-state index contributed by atoms with van der Waals surface area (Å²) in [7, 11) is 0. The van der Waals surface area contributed by atoms with Gasteiger partial charge in [0, 0.05) is 23.1 Å². The first-order chi connectivity index (χ1) is 7.81. The molecule has 94 valence electrons. The van der Waals surface area contributed by atoms with Crippen LogP contribution >= 0.6 is 11.8 Å². The van der Waals surface area contributed by atoms with Gasteiger partial charge < -0.3 is 10.1 Å². The minimum absolute atomic E-state index is 0.467. The molecule has 16 heavy (non-hydrogen) atoms. The molecule has 0 aromatic heterocycles. The smallest absolute Gasteiger partial charge is 0.0666 e. The van der Waals surface area contributed by atoms with Crippen molar-refractivity contribution in [2.45, 2.75) is 68.6 Å². The molecule has 2 nitrogen and oxygen atoms in total. The fourth-order valence-corrected chi connectivity index (χ4v) is 4.58. The van der Waals surface area contributed by atoms with Crippen LogP contribution in [0.4, 0.5) is 0 Å². The van der Waals surface area contributed by atoms with Crippen molar-refractivity contribution in [2.24, 2.45) is 0 Å². The van der Waals surface area contributed by atoms with Crippen molar-refractivity contribution in [3.05, 3.63) is 0 Å². The molecule has 0 aromatic rings. The van der Waals surface area contributed by atoms with E-state index < -0.39 is 0 Å². The van der Waals surface area contributed by atoms with Gasteiger partial charge in [0.25, 0.3) is 0 Å². The second-order valence-corrected chi connectivity index (χ2v) is 6.51. The molecule has 3 heteroatoms. The minimum Gasteiger partial charge on any atom is -0.377 e. The topological polar surface area (TPSA) is 21.3 Å². The van der Waals surface area contributed by atoms with Crippen molar-refractivity contribution in [3.8, 4) is 0 Å². The summed E-state index contributed by atoms with van der Waals surface area (Å²) in [5.41, 5.74) is 0. The van der Waals surface area contributed by atoms with E-state index in [1.54, 1.807) is 0 Å². The van der Waals surface area contributed by atoms with Crippen LogP contribution in [0.15, 0.2) is 0 Å². The fourth-order valence-electron chi connectivity index (χ4n) is 2.87. The van der Waals surface area contributed by atoms with Crippen LogP contribution < -0.4 is 5.32 Å². The zero-order valence-corrected chi connectivity index (χ0v) is 11.4. The van der Waals surface area contributed by atoms with Gasteiger partial charge in [-0.05, 0) is 32.7 Å². The van der Waals surface area contributed by atoms with Crippen molar-refractivity contribution in [2.75, 3.05) is 13.2 Å². The van der Waals surface area contributed by atoms with Gasteiger partial charge in [-0.1, -0.05) is 19.8 Å². The molecular weight excluding hydrogens is 218 g/mol. The maximum Gasteiger partial charge on any atom is 0.0666 e. The summed E-state index contributed by atoms with van der Waals surface area (Å²) in [6, 6.07) is 0.747. The number of nitrogens with one attached hydrogen (secondary N) is 1. The molecule has 1 saturated carbocycles. The zero-order chi connectivity index (χ0) is 11.4. The third-order valence-corrected chi connectivity index (χ3v) is 5.71. The van der Waals surface area contributed by atoms with Crippen LogP contribution in [0, 0.1) is 0 Å². The largest absolute Gasteiger partial charge is 0.377 e. The Morgan fingerprint density at radius 1 is 1.19 bits per heavy atom. The molecule has 0 amide bonds. The summed E-state index contributed by atoms with van der Waals surface area (Å²) >= 11 is 2.20. The maximum atomic E-state index is 5.66. The molecule has 1 N–H and O–H groups in total. The van der Waals surface area contributed by atoms with Gasteiger partial charge in [-0.2, -0.15) is 11.8 Å². The number of hydrogen-bond donors (Lipinski definition) is 1. The van der Waals surface area contributed by atoms with Crippen molar-refractivity contribution in [1.82, 2.24) is 5.32 Å². The van der Waals surface area contributed by atoms with Crippen LogP contribution in [0.5, 0.6) is 0 Å². The maximum absolute atomic E-state index is 5.66. The van der Waals surface area contributed by atoms with Gasteiger partial charge in [0.2, 0.25) is 0 Å². The molecule has 4 atom stereocenters. The molecule has 0 spiro atoms. The van der Waals surface area contributed by atoms with Crippen LogP contribution in [-0.2, 0) is 4.74 Å². The van der Waals surface area contributed by atoms with Gasteiger partial charge in [0.05, 0.1) is 6.10 Å². The average Bonchev–Trinajstić information content (AvgIpc) is 2.68. The van der Waals surface area contributed by atoms with Gasteiger partial charge in [-0.3, -0.25) is 0 Å². The van der Waals surface area contributed by atoms with E-state index in [0.717, 1.165) is 29.7 Å². The lowest BCUT2D eigenvalue weighted by molar-refractivity contribution is 0.127. The number of rotatable bonds is 4. The number of ether oxygens (including phenoxy) is 1. The average molecular weight is 243 g/mol. The predicted octanol–water partition coefficient (Wildman–Crippen LogP) is 2.82. The van der Waals surface area contributed by atoms with E-state index >= 15 is 0 Å². The molecule has 1 heterocycles. The lowest BCUT2D eigenvalue weighted by atomic mass is 9.95. The highest BCUT2D eigenvalue weighted by Gasteiger charge is 2.32. The minimum atomic E-state index is 0.467.